The second-order valence-electron chi connectivity index (χ2n) is 3.78. The van der Waals surface area contributed by atoms with Gasteiger partial charge < -0.3 is 5.32 Å². The van der Waals surface area contributed by atoms with Gasteiger partial charge in [0.1, 0.15) is 0 Å². The van der Waals surface area contributed by atoms with E-state index in [-0.39, 0.29) is 6.54 Å². The van der Waals surface area contributed by atoms with Crippen molar-refractivity contribution in [1.82, 2.24) is 10.2 Å². The predicted molar refractivity (Wildman–Crippen MR) is 49.1 cm³/mol. The second kappa shape index (κ2) is 4.86. The van der Waals surface area contributed by atoms with E-state index in [1.165, 1.54) is 0 Å². The van der Waals surface area contributed by atoms with Gasteiger partial charge in [-0.3, -0.25) is 4.90 Å². The lowest BCUT2D eigenvalue weighted by Crippen LogP contribution is -2.35. The number of nitrogens with one attached hydrogen (secondary N) is 1. The average Bonchev–Trinajstić information content (AvgIpc) is 2.50. The fraction of sp³-hybridized carbons (Fsp3) is 1.00. The lowest BCUT2D eigenvalue weighted by Gasteiger charge is -2.23. The predicted octanol–water partition coefficient (Wildman–Crippen LogP) is 1.32. The van der Waals surface area contributed by atoms with E-state index >= 15 is 0 Å². The molecule has 0 saturated heterocycles. The first kappa shape index (κ1) is 10.9. The van der Waals surface area contributed by atoms with E-state index in [1.54, 1.807) is 11.9 Å². The summed E-state index contributed by atoms with van der Waals surface area (Å²) in [5.41, 5.74) is 0. The van der Waals surface area contributed by atoms with Crippen molar-refractivity contribution in [3.8, 4) is 0 Å². The molecule has 1 aliphatic rings. The Balaban J connectivity index is 2.28. The SMILES string of the molecule is CNC1CCC(N(C)CC(F)F)C1. The van der Waals surface area contributed by atoms with Gasteiger partial charge in [-0.05, 0) is 33.4 Å². The van der Waals surface area contributed by atoms with E-state index < -0.39 is 6.43 Å². The molecule has 1 fully saturated rings. The van der Waals surface area contributed by atoms with Crippen molar-refractivity contribution < 1.29 is 8.78 Å². The molecule has 0 aromatic carbocycles. The van der Waals surface area contributed by atoms with Gasteiger partial charge in [0.05, 0.1) is 6.54 Å². The first-order chi connectivity index (χ1) is 6.13. The molecule has 0 amide bonds. The molecule has 0 radical (unpaired) electrons. The minimum Gasteiger partial charge on any atom is -0.317 e. The van der Waals surface area contributed by atoms with E-state index in [1.807, 2.05) is 7.05 Å². The number of nitrogens with zero attached hydrogens (tertiary/aromatic N) is 1. The Labute approximate surface area is 78.3 Å². The summed E-state index contributed by atoms with van der Waals surface area (Å²) in [6.45, 7) is -0.0961. The van der Waals surface area contributed by atoms with E-state index in [0.717, 1.165) is 19.3 Å². The van der Waals surface area contributed by atoms with Gasteiger partial charge in [0, 0.05) is 12.1 Å². The molecule has 0 aromatic rings. The van der Waals surface area contributed by atoms with Crippen LogP contribution in [0, 0.1) is 0 Å². The lowest BCUT2D eigenvalue weighted by molar-refractivity contribution is 0.0814. The molecular weight excluding hydrogens is 174 g/mol. The van der Waals surface area contributed by atoms with Gasteiger partial charge in [-0.15, -0.1) is 0 Å². The van der Waals surface area contributed by atoms with Crippen molar-refractivity contribution >= 4 is 0 Å². The summed E-state index contributed by atoms with van der Waals surface area (Å²) in [4.78, 5) is 1.78. The topological polar surface area (TPSA) is 15.3 Å². The highest BCUT2D eigenvalue weighted by molar-refractivity contribution is 4.85. The zero-order valence-electron chi connectivity index (χ0n) is 8.26. The maximum atomic E-state index is 12.1. The molecular formula is C9H18F2N2. The number of alkyl halides is 2. The fourth-order valence-electron chi connectivity index (χ4n) is 1.99. The van der Waals surface area contributed by atoms with Crippen molar-refractivity contribution in [3.05, 3.63) is 0 Å². The van der Waals surface area contributed by atoms with Crippen LogP contribution < -0.4 is 5.32 Å². The first-order valence-electron chi connectivity index (χ1n) is 4.79. The molecule has 4 heteroatoms. The van der Waals surface area contributed by atoms with Crippen molar-refractivity contribution in [2.24, 2.45) is 0 Å². The highest BCUT2D eigenvalue weighted by atomic mass is 19.3. The summed E-state index contributed by atoms with van der Waals surface area (Å²) in [6, 6.07) is 0.858. The fourth-order valence-corrected chi connectivity index (χ4v) is 1.99. The Bertz CT molecular complexity index is 153. The average molecular weight is 192 g/mol. The van der Waals surface area contributed by atoms with Gasteiger partial charge in [-0.25, -0.2) is 8.78 Å². The Morgan fingerprint density at radius 2 is 2.15 bits per heavy atom. The molecule has 2 nitrogen and oxygen atoms in total. The summed E-state index contributed by atoms with van der Waals surface area (Å²) in [5, 5.41) is 3.19. The highest BCUT2D eigenvalue weighted by Crippen LogP contribution is 2.23. The minimum atomic E-state index is -2.21. The summed E-state index contributed by atoms with van der Waals surface area (Å²) < 4.78 is 24.1. The van der Waals surface area contributed by atoms with E-state index in [2.05, 4.69) is 5.32 Å². The van der Waals surface area contributed by atoms with Crippen LogP contribution in [0.25, 0.3) is 0 Å². The van der Waals surface area contributed by atoms with Crippen molar-refractivity contribution in [2.45, 2.75) is 37.8 Å². The Kier molecular flexibility index (Phi) is 4.06. The van der Waals surface area contributed by atoms with Gasteiger partial charge >= 0.3 is 0 Å². The number of hydrogen-bond acceptors (Lipinski definition) is 2. The van der Waals surface area contributed by atoms with Crippen molar-refractivity contribution in [1.29, 1.82) is 0 Å². The molecule has 0 bridgehead atoms. The molecule has 2 unspecified atom stereocenters. The van der Waals surface area contributed by atoms with Crippen LogP contribution in [0.1, 0.15) is 19.3 Å². The maximum Gasteiger partial charge on any atom is 0.251 e. The highest BCUT2D eigenvalue weighted by Gasteiger charge is 2.27. The summed E-state index contributed by atoms with van der Waals surface area (Å²) in [7, 11) is 3.72. The second-order valence-corrected chi connectivity index (χ2v) is 3.78. The molecule has 13 heavy (non-hydrogen) atoms. The largest absolute Gasteiger partial charge is 0.317 e. The molecule has 2 atom stereocenters. The van der Waals surface area contributed by atoms with Gasteiger partial charge in [0.2, 0.25) is 0 Å². The molecule has 1 N–H and O–H groups in total. The Morgan fingerprint density at radius 1 is 1.46 bits per heavy atom. The number of halogens is 2. The quantitative estimate of drug-likeness (QED) is 0.722. The van der Waals surface area contributed by atoms with Crippen LogP contribution >= 0.6 is 0 Å². The van der Waals surface area contributed by atoms with E-state index in [0.29, 0.717) is 12.1 Å². The molecule has 78 valence electrons. The first-order valence-corrected chi connectivity index (χ1v) is 4.79. The monoisotopic (exact) mass is 192 g/mol. The molecule has 1 saturated carbocycles. The van der Waals surface area contributed by atoms with Gasteiger partial charge in [0.25, 0.3) is 6.43 Å². The van der Waals surface area contributed by atoms with E-state index in [9.17, 15) is 8.78 Å². The van der Waals surface area contributed by atoms with Crippen molar-refractivity contribution in [2.75, 3.05) is 20.6 Å². The third-order valence-electron chi connectivity index (χ3n) is 2.86. The van der Waals surface area contributed by atoms with Crippen LogP contribution in [0.15, 0.2) is 0 Å². The maximum absolute atomic E-state index is 12.1. The number of rotatable bonds is 4. The van der Waals surface area contributed by atoms with Crippen LogP contribution in [0.2, 0.25) is 0 Å². The molecule has 0 spiro atoms. The lowest BCUT2D eigenvalue weighted by atomic mass is 10.2. The normalized spacial score (nSPS) is 29.1. The summed E-state index contributed by atoms with van der Waals surface area (Å²) in [5.74, 6) is 0. The Morgan fingerprint density at radius 3 is 2.62 bits per heavy atom. The van der Waals surface area contributed by atoms with Crippen LogP contribution in [0.5, 0.6) is 0 Å². The van der Waals surface area contributed by atoms with Gasteiger partial charge in [0.15, 0.2) is 0 Å². The molecule has 0 aromatic heterocycles. The zero-order chi connectivity index (χ0) is 9.84. The van der Waals surface area contributed by atoms with Crippen molar-refractivity contribution in [3.63, 3.8) is 0 Å². The molecule has 0 aliphatic heterocycles. The van der Waals surface area contributed by atoms with Crippen LogP contribution in [-0.2, 0) is 0 Å². The van der Waals surface area contributed by atoms with Gasteiger partial charge in [-0.2, -0.15) is 0 Å². The molecule has 1 rings (SSSR count). The van der Waals surface area contributed by atoms with Crippen LogP contribution in [0.4, 0.5) is 8.78 Å². The Hall–Kier alpha value is -0.220. The number of hydrogen-bond donors (Lipinski definition) is 1. The molecule has 1 aliphatic carbocycles. The van der Waals surface area contributed by atoms with Gasteiger partial charge in [-0.1, -0.05) is 0 Å². The third kappa shape index (κ3) is 3.19. The van der Waals surface area contributed by atoms with Crippen LogP contribution in [-0.4, -0.2) is 44.0 Å². The standard InChI is InChI=1S/C9H18F2N2/c1-12-7-3-4-8(5-7)13(2)6-9(10)11/h7-9,12H,3-6H2,1-2H3. The zero-order valence-corrected chi connectivity index (χ0v) is 8.26. The smallest absolute Gasteiger partial charge is 0.251 e. The molecule has 0 heterocycles. The summed E-state index contributed by atoms with van der Waals surface area (Å²) in [6.07, 6.45) is 0.932. The minimum absolute atomic E-state index is 0.0961. The van der Waals surface area contributed by atoms with Crippen LogP contribution in [0.3, 0.4) is 0 Å². The third-order valence-corrected chi connectivity index (χ3v) is 2.86. The summed E-state index contributed by atoms with van der Waals surface area (Å²) >= 11 is 0. The van der Waals surface area contributed by atoms with E-state index in [4.69, 9.17) is 0 Å².